The van der Waals surface area contributed by atoms with Crippen molar-refractivity contribution in [3.63, 3.8) is 0 Å². The van der Waals surface area contributed by atoms with Crippen molar-refractivity contribution < 1.29 is 4.74 Å². The Morgan fingerprint density at radius 2 is 2.39 bits per heavy atom. The van der Waals surface area contributed by atoms with Crippen LogP contribution in [0.3, 0.4) is 0 Å². The molecule has 0 aromatic heterocycles. The summed E-state index contributed by atoms with van der Waals surface area (Å²) in [5.41, 5.74) is 7.53. The summed E-state index contributed by atoms with van der Waals surface area (Å²) in [6.45, 7) is 3.02. The summed E-state index contributed by atoms with van der Waals surface area (Å²) in [6, 6.07) is 6.22. The van der Waals surface area contributed by atoms with Crippen LogP contribution in [0.1, 0.15) is 25.3 Å². The van der Waals surface area contributed by atoms with Gasteiger partial charge in [-0.2, -0.15) is 0 Å². The molecule has 3 N–H and O–H groups in total. The standard InChI is InChI=1S/C13H17BrN2OS/c1-8(12-3-2-6-17-12)16-9-4-5-10(13(15)18)11(14)7-9/h4-5,7-8,12,16H,2-3,6H2,1H3,(H2,15,18). The van der Waals surface area contributed by atoms with E-state index in [0.717, 1.165) is 35.2 Å². The van der Waals surface area contributed by atoms with E-state index in [2.05, 4.69) is 28.2 Å². The second-order valence-electron chi connectivity index (χ2n) is 4.54. The van der Waals surface area contributed by atoms with Crippen LogP contribution in [0.25, 0.3) is 0 Å². The van der Waals surface area contributed by atoms with Crippen LogP contribution < -0.4 is 11.1 Å². The van der Waals surface area contributed by atoms with Crippen LogP contribution in [-0.2, 0) is 4.74 Å². The molecule has 5 heteroatoms. The van der Waals surface area contributed by atoms with Gasteiger partial charge in [0.05, 0.1) is 6.10 Å². The molecule has 1 aromatic carbocycles. The lowest BCUT2D eigenvalue weighted by Gasteiger charge is -2.21. The molecule has 0 bridgehead atoms. The first-order chi connectivity index (χ1) is 8.58. The highest BCUT2D eigenvalue weighted by atomic mass is 79.9. The van der Waals surface area contributed by atoms with Gasteiger partial charge in [0, 0.05) is 28.4 Å². The van der Waals surface area contributed by atoms with Crippen molar-refractivity contribution in [3.8, 4) is 0 Å². The Hall–Kier alpha value is -0.650. The van der Waals surface area contributed by atoms with E-state index in [4.69, 9.17) is 22.7 Å². The van der Waals surface area contributed by atoms with Crippen LogP contribution in [0.15, 0.2) is 22.7 Å². The fraction of sp³-hybridized carbons (Fsp3) is 0.462. The summed E-state index contributed by atoms with van der Waals surface area (Å²) < 4.78 is 6.58. The maximum absolute atomic E-state index is 5.66. The number of hydrogen-bond acceptors (Lipinski definition) is 3. The summed E-state index contributed by atoms with van der Waals surface area (Å²) in [5, 5.41) is 3.45. The second-order valence-corrected chi connectivity index (χ2v) is 5.84. The third-order valence-electron chi connectivity index (χ3n) is 3.15. The van der Waals surface area contributed by atoms with Gasteiger partial charge in [-0.15, -0.1) is 0 Å². The van der Waals surface area contributed by atoms with E-state index >= 15 is 0 Å². The predicted molar refractivity (Wildman–Crippen MR) is 82.1 cm³/mol. The Labute approximate surface area is 121 Å². The summed E-state index contributed by atoms with van der Waals surface area (Å²) in [5.74, 6) is 0. The van der Waals surface area contributed by atoms with E-state index in [1.807, 2.05) is 18.2 Å². The van der Waals surface area contributed by atoms with Gasteiger partial charge in [0.25, 0.3) is 0 Å². The molecule has 2 atom stereocenters. The molecular formula is C13H17BrN2OS. The fourth-order valence-corrected chi connectivity index (χ4v) is 3.06. The summed E-state index contributed by atoms with van der Waals surface area (Å²) >= 11 is 8.46. The molecule has 2 rings (SSSR count). The molecule has 0 saturated carbocycles. The Kier molecular flexibility index (Phi) is 4.59. The zero-order valence-electron chi connectivity index (χ0n) is 10.3. The largest absolute Gasteiger partial charge is 0.389 e. The molecule has 0 radical (unpaired) electrons. The molecule has 1 saturated heterocycles. The van der Waals surface area contributed by atoms with Gasteiger partial charge < -0.3 is 15.8 Å². The van der Waals surface area contributed by atoms with Gasteiger partial charge in [0.15, 0.2) is 0 Å². The molecule has 1 aromatic rings. The van der Waals surface area contributed by atoms with Crippen molar-refractivity contribution in [2.24, 2.45) is 5.73 Å². The first-order valence-electron chi connectivity index (χ1n) is 6.05. The van der Waals surface area contributed by atoms with E-state index in [0.29, 0.717) is 17.1 Å². The normalized spacial score (nSPS) is 20.7. The van der Waals surface area contributed by atoms with Crippen molar-refractivity contribution in [2.45, 2.75) is 31.9 Å². The van der Waals surface area contributed by atoms with E-state index in [-0.39, 0.29) is 0 Å². The van der Waals surface area contributed by atoms with Gasteiger partial charge >= 0.3 is 0 Å². The lowest BCUT2D eigenvalue weighted by Crippen LogP contribution is -2.30. The molecular weight excluding hydrogens is 312 g/mol. The van der Waals surface area contributed by atoms with Crippen LogP contribution >= 0.6 is 28.1 Å². The third-order valence-corrected chi connectivity index (χ3v) is 4.03. The van der Waals surface area contributed by atoms with Crippen LogP contribution in [0.5, 0.6) is 0 Å². The second kappa shape index (κ2) is 5.99. The molecule has 1 fully saturated rings. The molecule has 1 aliphatic heterocycles. The predicted octanol–water partition coefficient (Wildman–Crippen LogP) is 3.06. The molecule has 2 unspecified atom stereocenters. The van der Waals surface area contributed by atoms with Gasteiger partial charge in [-0.05, 0) is 53.9 Å². The zero-order valence-corrected chi connectivity index (χ0v) is 12.7. The number of hydrogen-bond donors (Lipinski definition) is 2. The maximum Gasteiger partial charge on any atom is 0.105 e. The fourth-order valence-electron chi connectivity index (χ4n) is 2.16. The van der Waals surface area contributed by atoms with Crippen molar-refractivity contribution in [2.75, 3.05) is 11.9 Å². The summed E-state index contributed by atoms with van der Waals surface area (Å²) in [7, 11) is 0. The van der Waals surface area contributed by atoms with Gasteiger partial charge in [-0.1, -0.05) is 12.2 Å². The number of rotatable bonds is 4. The number of ether oxygens (including phenoxy) is 1. The number of halogens is 1. The van der Waals surface area contributed by atoms with Crippen LogP contribution in [0, 0.1) is 0 Å². The smallest absolute Gasteiger partial charge is 0.105 e. The zero-order chi connectivity index (χ0) is 13.1. The van der Waals surface area contributed by atoms with Crippen molar-refractivity contribution in [3.05, 3.63) is 28.2 Å². The minimum absolute atomic E-state index is 0.301. The quantitative estimate of drug-likeness (QED) is 0.834. The minimum atomic E-state index is 0.301. The van der Waals surface area contributed by atoms with E-state index in [9.17, 15) is 0 Å². The van der Waals surface area contributed by atoms with Gasteiger partial charge in [0.1, 0.15) is 4.99 Å². The molecule has 1 aliphatic rings. The molecule has 18 heavy (non-hydrogen) atoms. The number of benzene rings is 1. The van der Waals surface area contributed by atoms with Crippen molar-refractivity contribution >= 4 is 38.8 Å². The van der Waals surface area contributed by atoms with Crippen LogP contribution in [-0.4, -0.2) is 23.7 Å². The molecule has 3 nitrogen and oxygen atoms in total. The molecule has 0 spiro atoms. The average Bonchev–Trinajstić information content (AvgIpc) is 2.81. The number of nitrogens with one attached hydrogen (secondary N) is 1. The molecule has 0 amide bonds. The van der Waals surface area contributed by atoms with Gasteiger partial charge in [-0.3, -0.25) is 0 Å². The monoisotopic (exact) mass is 328 g/mol. The first-order valence-corrected chi connectivity index (χ1v) is 7.25. The van der Waals surface area contributed by atoms with E-state index < -0.39 is 0 Å². The summed E-state index contributed by atoms with van der Waals surface area (Å²) in [6.07, 6.45) is 2.58. The van der Waals surface area contributed by atoms with Crippen LogP contribution in [0.4, 0.5) is 5.69 Å². The lowest BCUT2D eigenvalue weighted by molar-refractivity contribution is 0.0996. The highest BCUT2D eigenvalue weighted by molar-refractivity contribution is 9.10. The highest BCUT2D eigenvalue weighted by Crippen LogP contribution is 2.24. The highest BCUT2D eigenvalue weighted by Gasteiger charge is 2.22. The van der Waals surface area contributed by atoms with Crippen LogP contribution in [0.2, 0.25) is 0 Å². The van der Waals surface area contributed by atoms with E-state index in [1.54, 1.807) is 0 Å². The SMILES string of the molecule is CC(Nc1ccc(C(N)=S)c(Br)c1)C1CCCO1. The van der Waals surface area contributed by atoms with Crippen molar-refractivity contribution in [1.82, 2.24) is 0 Å². The Bertz CT molecular complexity index is 447. The number of thiocarbonyl (C=S) groups is 1. The minimum Gasteiger partial charge on any atom is -0.389 e. The Morgan fingerprint density at radius 1 is 1.61 bits per heavy atom. The maximum atomic E-state index is 5.66. The number of nitrogens with two attached hydrogens (primary N) is 1. The van der Waals surface area contributed by atoms with Crippen molar-refractivity contribution in [1.29, 1.82) is 0 Å². The Morgan fingerprint density at radius 3 is 2.94 bits per heavy atom. The molecule has 98 valence electrons. The van der Waals surface area contributed by atoms with Gasteiger partial charge in [0.2, 0.25) is 0 Å². The average molecular weight is 329 g/mol. The number of anilines is 1. The van der Waals surface area contributed by atoms with Gasteiger partial charge in [-0.25, -0.2) is 0 Å². The Balaban J connectivity index is 2.05. The summed E-state index contributed by atoms with van der Waals surface area (Å²) in [4.78, 5) is 0.403. The third kappa shape index (κ3) is 3.22. The first kappa shape index (κ1) is 13.8. The molecule has 0 aliphatic carbocycles. The van der Waals surface area contributed by atoms with E-state index in [1.165, 1.54) is 0 Å². The molecule has 1 heterocycles. The topological polar surface area (TPSA) is 47.3 Å². The lowest BCUT2D eigenvalue weighted by atomic mass is 10.1.